The van der Waals surface area contributed by atoms with E-state index in [2.05, 4.69) is 57.6 Å². The molecule has 2 heterocycles. The van der Waals surface area contributed by atoms with Crippen molar-refractivity contribution in [1.29, 1.82) is 0 Å². The maximum Gasteiger partial charge on any atom is 0.150 e. The first kappa shape index (κ1) is 14.2. The van der Waals surface area contributed by atoms with Crippen LogP contribution in [0.15, 0.2) is 61.0 Å². The molecule has 0 unspecified atom stereocenters. The predicted octanol–water partition coefficient (Wildman–Crippen LogP) is 3.28. The molecule has 23 heavy (non-hydrogen) atoms. The summed E-state index contributed by atoms with van der Waals surface area (Å²) in [5.74, 6) is 0.894. The van der Waals surface area contributed by atoms with Gasteiger partial charge in [-0.3, -0.25) is 4.90 Å². The monoisotopic (exact) mass is 307 g/mol. The van der Waals surface area contributed by atoms with Gasteiger partial charge in [0.25, 0.3) is 0 Å². The molecule has 0 radical (unpaired) electrons. The molecule has 0 spiro atoms. The van der Waals surface area contributed by atoms with Gasteiger partial charge in [-0.25, -0.2) is 0 Å². The molecule has 1 saturated heterocycles. The molecule has 2 aromatic rings. The van der Waals surface area contributed by atoms with Gasteiger partial charge in [0.15, 0.2) is 0 Å². The van der Waals surface area contributed by atoms with Crippen LogP contribution in [0.1, 0.15) is 5.56 Å². The van der Waals surface area contributed by atoms with Gasteiger partial charge in [0.05, 0.1) is 5.69 Å². The van der Waals surface area contributed by atoms with Crippen LogP contribution in [0.4, 0.5) is 11.4 Å². The first-order valence-electron chi connectivity index (χ1n) is 8.12. The number of piperazine rings is 1. The summed E-state index contributed by atoms with van der Waals surface area (Å²) in [6.07, 6.45) is 3.50. The third-order valence-corrected chi connectivity index (χ3v) is 4.45. The van der Waals surface area contributed by atoms with Gasteiger partial charge < -0.3 is 15.0 Å². The average molecular weight is 307 g/mol. The minimum atomic E-state index is 0.894. The smallest absolute Gasteiger partial charge is 0.150 e. The van der Waals surface area contributed by atoms with Crippen LogP contribution in [-0.2, 0) is 6.54 Å². The highest BCUT2D eigenvalue weighted by atomic mass is 16.5. The van der Waals surface area contributed by atoms with Crippen LogP contribution in [0.5, 0.6) is 5.75 Å². The lowest BCUT2D eigenvalue weighted by Gasteiger charge is -2.36. The second kappa shape index (κ2) is 6.34. The number of hydrogen-bond donors (Lipinski definition) is 1. The largest absolute Gasteiger partial charge is 0.461 e. The number of nitrogens with zero attached hydrogens (tertiary/aromatic N) is 2. The number of hydrogen-bond acceptors (Lipinski definition) is 4. The van der Waals surface area contributed by atoms with Crippen molar-refractivity contribution in [2.45, 2.75) is 6.54 Å². The van der Waals surface area contributed by atoms with Gasteiger partial charge in [0, 0.05) is 44.6 Å². The summed E-state index contributed by atoms with van der Waals surface area (Å²) in [4.78, 5) is 4.98. The molecule has 0 atom stereocenters. The van der Waals surface area contributed by atoms with Crippen molar-refractivity contribution in [3.8, 4) is 5.75 Å². The van der Waals surface area contributed by atoms with E-state index in [1.807, 2.05) is 12.3 Å². The van der Waals surface area contributed by atoms with Gasteiger partial charge in [0.1, 0.15) is 12.0 Å². The van der Waals surface area contributed by atoms with Crippen molar-refractivity contribution in [2.24, 2.45) is 0 Å². The molecule has 2 aromatic carbocycles. The number of anilines is 2. The standard InChI is InChI=1S/C19H21N3O/c1-2-4-17(5-3-1)22-11-9-21(10-12-22)15-16-6-7-19-18(14-16)20-8-13-23-19/h1-8,13-14,20H,9-12,15H2. The van der Waals surface area contributed by atoms with E-state index in [1.165, 1.54) is 11.3 Å². The highest BCUT2D eigenvalue weighted by Gasteiger charge is 2.17. The number of benzene rings is 2. The number of rotatable bonds is 3. The van der Waals surface area contributed by atoms with Crippen molar-refractivity contribution >= 4 is 11.4 Å². The number of para-hydroxylation sites is 1. The van der Waals surface area contributed by atoms with Crippen LogP contribution >= 0.6 is 0 Å². The Labute approximate surface area is 137 Å². The van der Waals surface area contributed by atoms with Gasteiger partial charge in [-0.15, -0.1) is 0 Å². The molecule has 4 heteroatoms. The Hall–Kier alpha value is -2.46. The maximum absolute atomic E-state index is 5.47. The van der Waals surface area contributed by atoms with Crippen LogP contribution in [-0.4, -0.2) is 31.1 Å². The molecule has 1 N–H and O–H groups in total. The van der Waals surface area contributed by atoms with Crippen LogP contribution < -0.4 is 15.0 Å². The van der Waals surface area contributed by atoms with Gasteiger partial charge in [0.2, 0.25) is 0 Å². The van der Waals surface area contributed by atoms with Gasteiger partial charge in [-0.1, -0.05) is 24.3 Å². The predicted molar refractivity (Wildman–Crippen MR) is 93.8 cm³/mol. The summed E-state index contributed by atoms with van der Waals surface area (Å²) < 4.78 is 5.47. The molecule has 2 aliphatic rings. The normalized spacial score (nSPS) is 17.3. The molecule has 0 amide bonds. The molecule has 118 valence electrons. The first-order valence-corrected chi connectivity index (χ1v) is 8.12. The highest BCUT2D eigenvalue weighted by molar-refractivity contribution is 5.61. The number of fused-ring (bicyclic) bond motifs is 1. The molecule has 0 bridgehead atoms. The zero-order valence-electron chi connectivity index (χ0n) is 13.1. The fourth-order valence-electron chi connectivity index (χ4n) is 3.18. The molecule has 4 nitrogen and oxygen atoms in total. The molecular formula is C19H21N3O. The zero-order chi connectivity index (χ0) is 15.5. The van der Waals surface area contributed by atoms with Crippen molar-refractivity contribution in [2.75, 3.05) is 36.4 Å². The van der Waals surface area contributed by atoms with Crippen LogP contribution in [0.3, 0.4) is 0 Å². The maximum atomic E-state index is 5.47. The topological polar surface area (TPSA) is 27.7 Å². The average Bonchev–Trinajstić information content (AvgIpc) is 2.63. The second-order valence-electron chi connectivity index (χ2n) is 5.99. The summed E-state index contributed by atoms with van der Waals surface area (Å²) in [5, 5.41) is 3.24. The fraction of sp³-hybridized carbons (Fsp3) is 0.263. The molecule has 2 aliphatic heterocycles. The molecule has 0 saturated carbocycles. The zero-order valence-corrected chi connectivity index (χ0v) is 13.1. The molecule has 0 aromatic heterocycles. The minimum absolute atomic E-state index is 0.894. The van der Waals surface area contributed by atoms with Crippen molar-refractivity contribution < 1.29 is 4.74 Å². The van der Waals surface area contributed by atoms with E-state index in [0.717, 1.165) is 44.2 Å². The molecule has 1 fully saturated rings. The third-order valence-electron chi connectivity index (χ3n) is 4.45. The summed E-state index contributed by atoms with van der Waals surface area (Å²) >= 11 is 0. The Balaban J connectivity index is 1.36. The quantitative estimate of drug-likeness (QED) is 0.942. The second-order valence-corrected chi connectivity index (χ2v) is 5.99. The Morgan fingerprint density at radius 2 is 1.78 bits per heavy atom. The van der Waals surface area contributed by atoms with Crippen LogP contribution in [0, 0.1) is 0 Å². The van der Waals surface area contributed by atoms with E-state index >= 15 is 0 Å². The van der Waals surface area contributed by atoms with Crippen LogP contribution in [0.25, 0.3) is 0 Å². The van der Waals surface area contributed by atoms with Gasteiger partial charge in [-0.05, 0) is 29.8 Å². The van der Waals surface area contributed by atoms with E-state index in [9.17, 15) is 0 Å². The Kier molecular flexibility index (Phi) is 3.90. The summed E-state index contributed by atoms with van der Waals surface area (Å²) in [6.45, 7) is 5.34. The highest BCUT2D eigenvalue weighted by Crippen LogP contribution is 2.29. The summed E-state index contributed by atoms with van der Waals surface area (Å²) in [5.41, 5.74) is 3.70. The Morgan fingerprint density at radius 3 is 2.61 bits per heavy atom. The third kappa shape index (κ3) is 3.17. The fourth-order valence-corrected chi connectivity index (χ4v) is 3.18. The van der Waals surface area contributed by atoms with Gasteiger partial charge >= 0.3 is 0 Å². The molecular weight excluding hydrogens is 286 g/mol. The summed E-state index contributed by atoms with van der Waals surface area (Å²) in [7, 11) is 0. The first-order chi connectivity index (χ1) is 11.4. The van der Waals surface area contributed by atoms with Crippen molar-refractivity contribution in [3.63, 3.8) is 0 Å². The molecule has 0 aliphatic carbocycles. The lowest BCUT2D eigenvalue weighted by molar-refractivity contribution is 0.250. The van der Waals surface area contributed by atoms with E-state index in [4.69, 9.17) is 4.74 Å². The van der Waals surface area contributed by atoms with Crippen molar-refractivity contribution in [1.82, 2.24) is 4.90 Å². The van der Waals surface area contributed by atoms with Crippen molar-refractivity contribution in [3.05, 3.63) is 66.6 Å². The van der Waals surface area contributed by atoms with E-state index in [0.29, 0.717) is 0 Å². The number of ether oxygens (including phenoxy) is 1. The van der Waals surface area contributed by atoms with Crippen LogP contribution in [0.2, 0.25) is 0 Å². The van der Waals surface area contributed by atoms with E-state index in [-0.39, 0.29) is 0 Å². The Bertz CT molecular complexity index is 691. The van der Waals surface area contributed by atoms with E-state index in [1.54, 1.807) is 6.26 Å². The minimum Gasteiger partial charge on any atom is -0.461 e. The van der Waals surface area contributed by atoms with E-state index < -0.39 is 0 Å². The Morgan fingerprint density at radius 1 is 0.957 bits per heavy atom. The summed E-state index contributed by atoms with van der Waals surface area (Å²) in [6, 6.07) is 17.1. The molecule has 4 rings (SSSR count). The number of nitrogens with one attached hydrogen (secondary N) is 1. The lowest BCUT2D eigenvalue weighted by atomic mass is 10.1. The van der Waals surface area contributed by atoms with Gasteiger partial charge in [-0.2, -0.15) is 0 Å². The lowest BCUT2D eigenvalue weighted by Crippen LogP contribution is -2.45. The SMILES string of the molecule is C1=COc2ccc(CN3CCN(c4ccccc4)CC3)cc2N1.